The van der Waals surface area contributed by atoms with E-state index in [1.807, 2.05) is 6.92 Å². The van der Waals surface area contributed by atoms with Gasteiger partial charge in [0.25, 0.3) is 0 Å². The lowest BCUT2D eigenvalue weighted by Gasteiger charge is -2.07. The molecule has 0 atom stereocenters. The van der Waals surface area contributed by atoms with Crippen LogP contribution < -0.4 is 4.73 Å². The van der Waals surface area contributed by atoms with Crippen molar-refractivity contribution < 1.29 is 9.84 Å². The highest BCUT2D eigenvalue weighted by Crippen LogP contribution is 1.99. The fourth-order valence-corrected chi connectivity index (χ4v) is 1.26. The molecule has 0 unspecified atom stereocenters. The molecule has 14 heavy (non-hydrogen) atoms. The summed E-state index contributed by atoms with van der Waals surface area (Å²) >= 11 is 0. The van der Waals surface area contributed by atoms with E-state index in [-0.39, 0.29) is 18.7 Å². The van der Waals surface area contributed by atoms with Gasteiger partial charge < -0.3 is 15.7 Å². The summed E-state index contributed by atoms with van der Waals surface area (Å²) in [5, 5.41) is 27.6. The van der Waals surface area contributed by atoms with Crippen LogP contribution in [0.4, 0.5) is 0 Å². The number of aliphatic hydroxyl groups is 1. The van der Waals surface area contributed by atoms with Gasteiger partial charge in [-0.2, -0.15) is 4.73 Å². The molecule has 0 aliphatic heterocycles. The minimum Gasteiger partial charge on any atom is -0.618 e. The molecular formula is C10H14N2O2. The lowest BCUT2D eigenvalue weighted by Crippen LogP contribution is -2.37. The van der Waals surface area contributed by atoms with Gasteiger partial charge in [0.15, 0.2) is 11.4 Å². The molecule has 4 heteroatoms. The number of aromatic nitrogens is 1. The number of hydrogen-bond acceptors (Lipinski definition) is 3. The van der Waals surface area contributed by atoms with E-state index in [1.165, 1.54) is 0 Å². The molecule has 0 aromatic carbocycles. The van der Waals surface area contributed by atoms with Crippen LogP contribution in [-0.4, -0.2) is 17.4 Å². The van der Waals surface area contributed by atoms with Gasteiger partial charge in [-0.1, -0.05) is 6.92 Å². The van der Waals surface area contributed by atoms with E-state index in [1.54, 1.807) is 18.2 Å². The van der Waals surface area contributed by atoms with Crippen molar-refractivity contribution in [3.63, 3.8) is 0 Å². The lowest BCUT2D eigenvalue weighted by molar-refractivity contribution is -0.621. The Bertz CT molecular complexity index is 337. The third-order valence-electron chi connectivity index (χ3n) is 2.05. The van der Waals surface area contributed by atoms with E-state index in [0.717, 1.165) is 4.73 Å². The summed E-state index contributed by atoms with van der Waals surface area (Å²) in [7, 11) is 0. The van der Waals surface area contributed by atoms with Crippen LogP contribution in [0.2, 0.25) is 0 Å². The molecule has 1 aromatic heterocycles. The van der Waals surface area contributed by atoms with Crippen LogP contribution in [0.25, 0.3) is 0 Å². The molecule has 0 amide bonds. The molecule has 0 aliphatic carbocycles. The van der Waals surface area contributed by atoms with Crippen LogP contribution in [-0.2, 0) is 12.8 Å². The minimum atomic E-state index is -0.295. The number of pyridine rings is 1. The van der Waals surface area contributed by atoms with Crippen molar-refractivity contribution in [1.82, 2.24) is 0 Å². The number of nitrogens with zero attached hydrogens (tertiary/aromatic N) is 1. The SMILES string of the molecule is CCc1cccc(CC(=N)CO)[n+]1[O-]. The average molecular weight is 194 g/mol. The molecule has 0 saturated heterocycles. The second-order valence-corrected chi connectivity index (χ2v) is 3.09. The summed E-state index contributed by atoms with van der Waals surface area (Å²) in [4.78, 5) is 0. The maximum atomic E-state index is 11.6. The Labute approximate surface area is 82.9 Å². The molecule has 4 nitrogen and oxygen atoms in total. The molecular weight excluding hydrogens is 180 g/mol. The Morgan fingerprint density at radius 3 is 2.71 bits per heavy atom. The van der Waals surface area contributed by atoms with Crippen LogP contribution in [0.5, 0.6) is 0 Å². The predicted octanol–water partition coefficient (Wildman–Crippen LogP) is 0.437. The topological polar surface area (TPSA) is 71.0 Å². The largest absolute Gasteiger partial charge is 0.618 e. The van der Waals surface area contributed by atoms with Crippen LogP contribution in [0.3, 0.4) is 0 Å². The molecule has 0 radical (unpaired) electrons. The standard InChI is InChI=1S/C10H14N2O2/c1-2-9-4-3-5-10(12(9)14)6-8(11)7-13/h3-5,11,13H,2,6-7H2,1H3. The second-order valence-electron chi connectivity index (χ2n) is 3.09. The van der Waals surface area contributed by atoms with Gasteiger partial charge in [0, 0.05) is 24.3 Å². The number of aliphatic hydroxyl groups excluding tert-OH is 1. The predicted molar refractivity (Wildman–Crippen MR) is 53.3 cm³/mol. The Balaban J connectivity index is 2.92. The fraction of sp³-hybridized carbons (Fsp3) is 0.400. The highest BCUT2D eigenvalue weighted by atomic mass is 16.5. The molecule has 1 rings (SSSR count). The molecule has 76 valence electrons. The van der Waals surface area contributed by atoms with Crippen molar-refractivity contribution in [2.45, 2.75) is 19.8 Å². The van der Waals surface area contributed by atoms with Gasteiger partial charge in [0.05, 0.1) is 13.0 Å². The van der Waals surface area contributed by atoms with E-state index >= 15 is 0 Å². The van der Waals surface area contributed by atoms with Gasteiger partial charge in [0.2, 0.25) is 0 Å². The van der Waals surface area contributed by atoms with Gasteiger partial charge in [-0.25, -0.2) is 0 Å². The lowest BCUT2D eigenvalue weighted by atomic mass is 10.2. The van der Waals surface area contributed by atoms with Crippen molar-refractivity contribution in [2.24, 2.45) is 0 Å². The first-order valence-electron chi connectivity index (χ1n) is 4.56. The number of nitrogens with one attached hydrogen (secondary N) is 1. The van der Waals surface area contributed by atoms with Crippen LogP contribution >= 0.6 is 0 Å². The van der Waals surface area contributed by atoms with Crippen molar-refractivity contribution in [3.8, 4) is 0 Å². The summed E-state index contributed by atoms with van der Waals surface area (Å²) in [6.45, 7) is 1.61. The van der Waals surface area contributed by atoms with E-state index in [9.17, 15) is 5.21 Å². The highest BCUT2D eigenvalue weighted by Gasteiger charge is 2.10. The second kappa shape index (κ2) is 4.72. The van der Waals surface area contributed by atoms with E-state index < -0.39 is 0 Å². The number of aryl methyl sites for hydroxylation is 1. The molecule has 0 saturated carbocycles. The van der Waals surface area contributed by atoms with Gasteiger partial charge in [0.1, 0.15) is 0 Å². The first-order valence-corrected chi connectivity index (χ1v) is 4.56. The monoisotopic (exact) mass is 194 g/mol. The van der Waals surface area contributed by atoms with E-state index in [4.69, 9.17) is 10.5 Å². The maximum absolute atomic E-state index is 11.6. The van der Waals surface area contributed by atoms with Crippen molar-refractivity contribution in [2.75, 3.05) is 6.61 Å². The summed E-state index contributed by atoms with van der Waals surface area (Å²) in [6, 6.07) is 5.24. The Hall–Kier alpha value is -1.42. The van der Waals surface area contributed by atoms with Crippen molar-refractivity contribution in [3.05, 3.63) is 34.8 Å². The normalized spacial score (nSPS) is 10.1. The smallest absolute Gasteiger partial charge is 0.198 e. The van der Waals surface area contributed by atoms with Gasteiger partial charge in [-0.05, 0) is 6.07 Å². The number of hydrogen-bond donors (Lipinski definition) is 2. The first-order chi connectivity index (χ1) is 6.69. The molecule has 0 aliphatic rings. The zero-order valence-electron chi connectivity index (χ0n) is 8.16. The van der Waals surface area contributed by atoms with Gasteiger partial charge in [-0.3, -0.25) is 0 Å². The fourth-order valence-electron chi connectivity index (χ4n) is 1.26. The highest BCUT2D eigenvalue weighted by molar-refractivity contribution is 5.83. The van der Waals surface area contributed by atoms with Crippen LogP contribution in [0.1, 0.15) is 18.3 Å². The molecule has 0 spiro atoms. The van der Waals surface area contributed by atoms with Gasteiger partial charge in [-0.15, -0.1) is 0 Å². The summed E-state index contributed by atoms with van der Waals surface area (Å²) in [5.41, 5.74) is 1.36. The summed E-state index contributed by atoms with van der Waals surface area (Å²) in [5.74, 6) is 0. The molecule has 2 N–H and O–H groups in total. The Morgan fingerprint density at radius 1 is 1.50 bits per heavy atom. The summed E-state index contributed by atoms with van der Waals surface area (Å²) < 4.78 is 0.837. The first kappa shape index (κ1) is 10.7. The third kappa shape index (κ3) is 2.29. The van der Waals surface area contributed by atoms with Gasteiger partial charge >= 0.3 is 0 Å². The molecule has 1 heterocycles. The Morgan fingerprint density at radius 2 is 2.14 bits per heavy atom. The van der Waals surface area contributed by atoms with E-state index in [2.05, 4.69) is 0 Å². The van der Waals surface area contributed by atoms with Crippen molar-refractivity contribution >= 4 is 5.71 Å². The third-order valence-corrected chi connectivity index (χ3v) is 2.05. The maximum Gasteiger partial charge on any atom is 0.198 e. The zero-order valence-corrected chi connectivity index (χ0v) is 8.16. The van der Waals surface area contributed by atoms with Crippen LogP contribution in [0.15, 0.2) is 18.2 Å². The zero-order chi connectivity index (χ0) is 10.6. The van der Waals surface area contributed by atoms with E-state index in [0.29, 0.717) is 17.8 Å². The minimum absolute atomic E-state index is 0.155. The molecule has 0 fully saturated rings. The Kier molecular flexibility index (Phi) is 3.59. The molecule has 0 bridgehead atoms. The van der Waals surface area contributed by atoms with Crippen LogP contribution in [0, 0.1) is 10.6 Å². The molecule has 1 aromatic rings. The average Bonchev–Trinajstić information content (AvgIpc) is 2.21. The van der Waals surface area contributed by atoms with Crippen molar-refractivity contribution in [1.29, 1.82) is 5.41 Å². The number of rotatable bonds is 4. The quantitative estimate of drug-likeness (QED) is 0.414. The summed E-state index contributed by atoms with van der Waals surface area (Å²) in [6.07, 6.45) is 0.887.